The molecule has 4 aromatic rings. The second kappa shape index (κ2) is 9.44. The third-order valence-electron chi connectivity index (χ3n) is 8.69. The van der Waals surface area contributed by atoms with Crippen molar-refractivity contribution in [3.63, 3.8) is 0 Å². The van der Waals surface area contributed by atoms with Crippen molar-refractivity contribution in [2.24, 2.45) is 5.92 Å². The second-order valence-electron chi connectivity index (χ2n) is 10.7. The summed E-state index contributed by atoms with van der Waals surface area (Å²) in [5, 5.41) is 3.61. The Morgan fingerprint density at radius 2 is 1.56 bits per heavy atom. The Morgan fingerprint density at radius 1 is 0.854 bits per heavy atom. The summed E-state index contributed by atoms with van der Waals surface area (Å²) in [6.07, 6.45) is 2.03. The smallest absolute Gasteiger partial charge is 0.238 e. The fraction of sp³-hybridized carbons (Fsp3) is 0.147. The Kier molecular flexibility index (Phi) is 5.93. The number of hydrogen-bond donors (Lipinski definition) is 1. The van der Waals surface area contributed by atoms with Crippen molar-refractivity contribution < 1.29 is 14.4 Å². The van der Waals surface area contributed by atoms with E-state index < -0.39 is 23.4 Å². The van der Waals surface area contributed by atoms with Gasteiger partial charge in [-0.2, -0.15) is 0 Å². The predicted octanol–water partition coefficient (Wildman–Crippen LogP) is 7.24. The van der Waals surface area contributed by atoms with Crippen molar-refractivity contribution in [1.29, 1.82) is 0 Å². The van der Waals surface area contributed by atoms with E-state index in [0.717, 1.165) is 16.8 Å². The highest BCUT2D eigenvalue weighted by Gasteiger charge is 2.70. The molecule has 3 aliphatic heterocycles. The van der Waals surface area contributed by atoms with Crippen molar-refractivity contribution in [2.45, 2.75) is 24.4 Å². The maximum absolute atomic E-state index is 14.9. The summed E-state index contributed by atoms with van der Waals surface area (Å²) in [6, 6.07) is 27.3. The molecule has 0 saturated carbocycles. The minimum Gasteiger partial charge on any atom is -0.352 e. The average Bonchev–Trinajstić information content (AvgIpc) is 3.45. The Bertz CT molecular complexity index is 1800. The van der Waals surface area contributed by atoms with Gasteiger partial charge in [-0.1, -0.05) is 96.0 Å². The normalized spacial score (nSPS) is 23.9. The van der Waals surface area contributed by atoms with Crippen molar-refractivity contribution in [3.8, 4) is 0 Å². The number of nitrogens with zero attached hydrogens (tertiary/aromatic N) is 1. The van der Waals surface area contributed by atoms with Crippen LogP contribution in [0.1, 0.15) is 38.8 Å². The first-order valence-electron chi connectivity index (χ1n) is 13.4. The molecule has 0 aromatic heterocycles. The molecule has 1 spiro atoms. The summed E-state index contributed by atoms with van der Waals surface area (Å²) < 4.78 is 0. The highest BCUT2D eigenvalue weighted by molar-refractivity contribution is 6.37. The zero-order chi connectivity index (χ0) is 28.5. The SMILES string of the molecule is CC1=C[C@H]2N(c3ccccc31)[C@H](C(=O)c1ccccc1)[C@@H](C(=O)c1ccc(Cl)cc1Cl)[C@]21C(=O)Nc2ccccc21. The molecule has 0 unspecified atom stereocenters. The summed E-state index contributed by atoms with van der Waals surface area (Å²) in [5.74, 6) is -2.04. The van der Waals surface area contributed by atoms with Crippen molar-refractivity contribution in [1.82, 2.24) is 0 Å². The number of carbonyl (C=O) groups is 3. The van der Waals surface area contributed by atoms with E-state index in [1.54, 1.807) is 36.4 Å². The summed E-state index contributed by atoms with van der Waals surface area (Å²) in [7, 11) is 0. The van der Waals surface area contributed by atoms with E-state index in [2.05, 4.69) is 5.32 Å². The van der Waals surface area contributed by atoms with Crippen molar-refractivity contribution in [2.75, 3.05) is 10.2 Å². The molecule has 1 fully saturated rings. The molecule has 5 nitrogen and oxygen atoms in total. The third kappa shape index (κ3) is 3.59. The highest BCUT2D eigenvalue weighted by atomic mass is 35.5. The standard InChI is InChI=1S/C34H24Cl2N2O3/c1-19-17-28-34(24-12-6-7-13-26(24)37-33(34)41)29(32(40)23-16-15-21(35)18-25(23)36)30(31(39)20-9-3-2-4-10-20)38(28)27-14-8-5-11-22(19)27/h2-18,28-30H,1H3,(H,37,41)/t28-,29+,30+,34-/m1/s1. The summed E-state index contributed by atoms with van der Waals surface area (Å²) >= 11 is 12.8. The van der Waals surface area contributed by atoms with Gasteiger partial charge in [0.2, 0.25) is 5.91 Å². The molecule has 0 bridgehead atoms. The third-order valence-corrected chi connectivity index (χ3v) is 9.24. The van der Waals surface area contributed by atoms with Crippen LogP contribution >= 0.6 is 23.2 Å². The van der Waals surface area contributed by atoms with E-state index in [1.165, 1.54) is 6.07 Å². The Morgan fingerprint density at radius 3 is 2.34 bits per heavy atom. The highest BCUT2D eigenvalue weighted by Crippen LogP contribution is 2.59. The monoisotopic (exact) mass is 578 g/mol. The Hall–Kier alpha value is -4.19. The lowest BCUT2D eigenvalue weighted by Gasteiger charge is -2.39. The quantitative estimate of drug-likeness (QED) is 0.259. The van der Waals surface area contributed by atoms with Crippen LogP contribution in [0.25, 0.3) is 5.57 Å². The second-order valence-corrected chi connectivity index (χ2v) is 11.6. The molecule has 7 heteroatoms. The topological polar surface area (TPSA) is 66.5 Å². The fourth-order valence-electron chi connectivity index (χ4n) is 7.02. The van der Waals surface area contributed by atoms with Gasteiger partial charge in [0, 0.05) is 33.1 Å². The number of Topliss-reactive ketones (excluding diaryl/α,β-unsaturated/α-hetero) is 2. The van der Waals surface area contributed by atoms with Crippen LogP contribution < -0.4 is 10.2 Å². The number of benzene rings is 4. The van der Waals surface area contributed by atoms with E-state index >= 15 is 0 Å². The van der Waals surface area contributed by atoms with Crippen LogP contribution in [0, 0.1) is 5.92 Å². The van der Waals surface area contributed by atoms with Gasteiger partial charge in [0.05, 0.1) is 17.0 Å². The molecule has 202 valence electrons. The number of rotatable bonds is 4. The molecule has 4 atom stereocenters. The van der Waals surface area contributed by atoms with Crippen LogP contribution in [0.4, 0.5) is 11.4 Å². The average molecular weight is 579 g/mol. The number of ketones is 2. The number of fused-ring (bicyclic) bond motifs is 6. The molecule has 3 aliphatic rings. The predicted molar refractivity (Wildman–Crippen MR) is 162 cm³/mol. The summed E-state index contributed by atoms with van der Waals surface area (Å²) in [4.78, 5) is 45.9. The molecule has 1 saturated heterocycles. The molecule has 4 aromatic carbocycles. The first-order chi connectivity index (χ1) is 19.8. The van der Waals surface area contributed by atoms with Gasteiger partial charge in [0.15, 0.2) is 11.6 Å². The summed E-state index contributed by atoms with van der Waals surface area (Å²) in [6.45, 7) is 2.00. The number of amides is 1. The molecule has 0 radical (unpaired) electrons. The van der Waals surface area contributed by atoms with E-state index in [1.807, 2.05) is 72.5 Å². The molecule has 41 heavy (non-hydrogen) atoms. The van der Waals surface area contributed by atoms with E-state index in [-0.39, 0.29) is 28.1 Å². The fourth-order valence-corrected chi connectivity index (χ4v) is 7.52. The van der Waals surface area contributed by atoms with Crippen LogP contribution in [0.3, 0.4) is 0 Å². The van der Waals surface area contributed by atoms with E-state index in [9.17, 15) is 14.4 Å². The first kappa shape index (κ1) is 25.8. The van der Waals surface area contributed by atoms with Crippen molar-refractivity contribution >= 4 is 57.6 Å². The lowest BCUT2D eigenvalue weighted by atomic mass is 9.64. The van der Waals surface area contributed by atoms with Crippen LogP contribution in [-0.4, -0.2) is 29.6 Å². The van der Waals surface area contributed by atoms with Gasteiger partial charge in [-0.05, 0) is 48.4 Å². The van der Waals surface area contributed by atoms with Gasteiger partial charge in [-0.25, -0.2) is 0 Å². The van der Waals surface area contributed by atoms with Crippen LogP contribution in [0.2, 0.25) is 10.0 Å². The number of hydrogen-bond acceptors (Lipinski definition) is 4. The van der Waals surface area contributed by atoms with Gasteiger partial charge in [0.1, 0.15) is 11.5 Å². The molecule has 1 amide bonds. The molecular weight excluding hydrogens is 555 g/mol. The maximum atomic E-state index is 14.9. The van der Waals surface area contributed by atoms with Gasteiger partial charge < -0.3 is 10.2 Å². The van der Waals surface area contributed by atoms with Gasteiger partial charge in [-0.15, -0.1) is 0 Å². The Balaban J connectivity index is 1.57. The van der Waals surface area contributed by atoms with Gasteiger partial charge >= 0.3 is 0 Å². The number of anilines is 2. The maximum Gasteiger partial charge on any atom is 0.238 e. The van der Waals surface area contributed by atoms with Crippen molar-refractivity contribution in [3.05, 3.63) is 135 Å². The number of halogens is 2. The Labute approximate surface area is 247 Å². The van der Waals surface area contributed by atoms with Gasteiger partial charge in [0.25, 0.3) is 0 Å². The molecule has 0 aliphatic carbocycles. The zero-order valence-electron chi connectivity index (χ0n) is 22.0. The molecular formula is C34H24Cl2N2O3. The number of allylic oxidation sites excluding steroid dienone is 1. The van der Waals surface area contributed by atoms with Crippen LogP contribution in [0.15, 0.2) is 103 Å². The minimum atomic E-state index is -1.40. The number of nitrogens with one attached hydrogen (secondary N) is 1. The number of para-hydroxylation sites is 2. The minimum absolute atomic E-state index is 0.173. The van der Waals surface area contributed by atoms with E-state index in [4.69, 9.17) is 23.2 Å². The molecule has 3 heterocycles. The largest absolute Gasteiger partial charge is 0.352 e. The van der Waals surface area contributed by atoms with Crippen LogP contribution in [0.5, 0.6) is 0 Å². The number of carbonyl (C=O) groups excluding carboxylic acids is 3. The zero-order valence-corrected chi connectivity index (χ0v) is 23.5. The molecule has 1 N–H and O–H groups in total. The lowest BCUT2D eigenvalue weighted by molar-refractivity contribution is -0.121. The van der Waals surface area contributed by atoms with Crippen LogP contribution in [-0.2, 0) is 10.2 Å². The molecule has 7 rings (SSSR count). The van der Waals surface area contributed by atoms with Gasteiger partial charge in [-0.3, -0.25) is 14.4 Å². The first-order valence-corrected chi connectivity index (χ1v) is 14.1. The summed E-state index contributed by atoms with van der Waals surface area (Å²) in [5.41, 5.74) is 3.34. The van der Waals surface area contributed by atoms with E-state index in [0.29, 0.717) is 21.8 Å². The lowest BCUT2D eigenvalue weighted by Crippen LogP contribution is -2.51.